The van der Waals surface area contributed by atoms with Crippen LogP contribution in [0.3, 0.4) is 0 Å². The van der Waals surface area contributed by atoms with E-state index in [-0.39, 0.29) is 25.4 Å². The van der Waals surface area contributed by atoms with Gasteiger partial charge in [-0.2, -0.15) is 0 Å². The summed E-state index contributed by atoms with van der Waals surface area (Å²) in [5, 5.41) is 25.7. The molecule has 0 aliphatic rings. The zero-order valence-corrected chi connectivity index (χ0v) is 17.5. The summed E-state index contributed by atoms with van der Waals surface area (Å²) in [7, 11) is 0. The Morgan fingerprint density at radius 3 is 1.30 bits per heavy atom. The Balaban J connectivity index is 0. The van der Waals surface area contributed by atoms with Crippen LogP contribution in [0.4, 0.5) is 0 Å². The fraction of sp³-hybridized carbons (Fsp3) is 0.778. The van der Waals surface area contributed by atoms with E-state index in [9.17, 15) is 19.2 Å². The van der Waals surface area contributed by atoms with E-state index in [0.29, 0.717) is 52.1 Å². The quantitative estimate of drug-likeness (QED) is 0.137. The Hall–Kier alpha value is -2.28. The van der Waals surface area contributed by atoms with E-state index in [0.717, 1.165) is 19.3 Å². The molecule has 0 aromatic carbocycles. The van der Waals surface area contributed by atoms with Gasteiger partial charge in [0.15, 0.2) is 0 Å². The maximum absolute atomic E-state index is 10.6. The molecule has 1 amide bonds. The van der Waals surface area contributed by atoms with Crippen LogP contribution in [-0.2, 0) is 19.2 Å². The summed E-state index contributed by atoms with van der Waals surface area (Å²) < 4.78 is 0. The number of carbonyl (C=O) groups excluding carboxylic acids is 1. The first kappa shape index (κ1) is 29.9. The van der Waals surface area contributed by atoms with Crippen molar-refractivity contribution < 1.29 is 34.5 Å². The van der Waals surface area contributed by atoms with Crippen molar-refractivity contribution in [2.45, 2.75) is 38.5 Å². The number of amides is 1. The third-order valence-corrected chi connectivity index (χ3v) is 3.90. The van der Waals surface area contributed by atoms with Crippen molar-refractivity contribution in [3.8, 4) is 0 Å². The minimum atomic E-state index is -0.924. The Kier molecular flexibility index (Phi) is 20.0. The molecule has 0 fully saturated rings. The van der Waals surface area contributed by atoms with Gasteiger partial charge in [0.1, 0.15) is 0 Å². The smallest absolute Gasteiger partial charge is 0.317 e. The Bertz CT molecular complexity index is 461. The minimum absolute atomic E-state index is 0.0965. The van der Waals surface area contributed by atoms with Crippen LogP contribution in [0, 0.1) is 0 Å². The molecule has 12 heteroatoms. The standard InChI is InChI=1S/C10H22N4O4.C8H15NO3/c11-1-3-13(7-9(15)16)5-6-14(4-2-12)8-10(17)18;9-7(10)5-3-1-2-4-6-8(11)12/h1-8,11-12H2,(H,15,16)(H,17,18);1-6H2,(H2,9,10)(H,11,12). The molecular weight excluding hydrogens is 398 g/mol. The highest BCUT2D eigenvalue weighted by molar-refractivity contribution is 5.73. The summed E-state index contributed by atoms with van der Waals surface area (Å²) in [6.07, 6.45) is 3.84. The Morgan fingerprint density at radius 2 is 1.00 bits per heavy atom. The van der Waals surface area contributed by atoms with Gasteiger partial charge >= 0.3 is 17.9 Å². The molecule has 0 heterocycles. The van der Waals surface area contributed by atoms with Crippen LogP contribution in [0.25, 0.3) is 0 Å². The van der Waals surface area contributed by atoms with E-state index in [1.54, 1.807) is 9.80 Å². The van der Waals surface area contributed by atoms with E-state index < -0.39 is 17.9 Å². The Labute approximate surface area is 177 Å². The number of nitrogens with zero attached hydrogens (tertiary/aromatic N) is 2. The van der Waals surface area contributed by atoms with Gasteiger partial charge in [-0.1, -0.05) is 12.8 Å². The number of rotatable bonds is 18. The van der Waals surface area contributed by atoms with Crippen molar-refractivity contribution in [2.24, 2.45) is 17.2 Å². The normalized spacial score (nSPS) is 10.5. The topological polar surface area (TPSA) is 214 Å². The molecule has 0 rings (SSSR count). The summed E-state index contributed by atoms with van der Waals surface area (Å²) in [6, 6.07) is 0. The first-order chi connectivity index (χ1) is 14.1. The molecule has 0 atom stereocenters. The van der Waals surface area contributed by atoms with Crippen LogP contribution in [0.2, 0.25) is 0 Å². The lowest BCUT2D eigenvalue weighted by molar-refractivity contribution is -0.140. The summed E-state index contributed by atoms with van der Waals surface area (Å²) >= 11 is 0. The molecule has 0 aromatic heterocycles. The highest BCUT2D eigenvalue weighted by Gasteiger charge is 2.13. The first-order valence-electron chi connectivity index (χ1n) is 9.90. The zero-order chi connectivity index (χ0) is 23.4. The summed E-state index contributed by atoms with van der Waals surface area (Å²) in [5.74, 6) is -2.89. The second kappa shape index (κ2) is 20.0. The van der Waals surface area contributed by atoms with Crippen LogP contribution in [0.5, 0.6) is 0 Å². The molecule has 0 saturated heterocycles. The average molecular weight is 436 g/mol. The lowest BCUT2D eigenvalue weighted by Crippen LogP contribution is -2.43. The van der Waals surface area contributed by atoms with Gasteiger partial charge < -0.3 is 32.5 Å². The fourth-order valence-electron chi connectivity index (χ4n) is 2.50. The van der Waals surface area contributed by atoms with Crippen LogP contribution >= 0.6 is 0 Å². The maximum atomic E-state index is 10.6. The molecule has 0 spiro atoms. The number of carboxylic acid groups (broad SMARTS) is 3. The number of aliphatic carboxylic acids is 3. The van der Waals surface area contributed by atoms with E-state index in [1.807, 2.05) is 0 Å². The van der Waals surface area contributed by atoms with Gasteiger partial charge in [-0.3, -0.25) is 29.0 Å². The largest absolute Gasteiger partial charge is 0.481 e. The predicted octanol–water partition coefficient (Wildman–Crippen LogP) is -1.43. The molecule has 0 bridgehead atoms. The van der Waals surface area contributed by atoms with Gasteiger partial charge in [0.25, 0.3) is 0 Å². The lowest BCUT2D eigenvalue weighted by atomic mass is 10.1. The summed E-state index contributed by atoms with van der Waals surface area (Å²) in [6.45, 7) is 2.38. The minimum Gasteiger partial charge on any atom is -0.481 e. The third-order valence-electron chi connectivity index (χ3n) is 3.90. The zero-order valence-electron chi connectivity index (χ0n) is 17.5. The predicted molar refractivity (Wildman–Crippen MR) is 111 cm³/mol. The molecule has 0 unspecified atom stereocenters. The van der Waals surface area contributed by atoms with E-state index in [1.165, 1.54) is 0 Å². The van der Waals surface area contributed by atoms with Gasteiger partial charge in [-0.25, -0.2) is 0 Å². The van der Waals surface area contributed by atoms with Gasteiger partial charge in [0.2, 0.25) is 5.91 Å². The molecule has 0 aliphatic heterocycles. The van der Waals surface area contributed by atoms with Crippen molar-refractivity contribution in [3.63, 3.8) is 0 Å². The van der Waals surface area contributed by atoms with Gasteiger partial charge in [-0.05, 0) is 12.8 Å². The van der Waals surface area contributed by atoms with Crippen LogP contribution in [0.15, 0.2) is 0 Å². The number of carbonyl (C=O) groups is 4. The van der Waals surface area contributed by atoms with Crippen molar-refractivity contribution in [1.29, 1.82) is 0 Å². The highest BCUT2D eigenvalue weighted by atomic mass is 16.4. The molecule has 0 aromatic rings. The van der Waals surface area contributed by atoms with Crippen LogP contribution < -0.4 is 17.2 Å². The number of carboxylic acids is 3. The SMILES string of the molecule is NC(=O)CCCCCCC(=O)O.NCCN(CCN(CCN)CC(=O)O)CC(=O)O. The van der Waals surface area contributed by atoms with E-state index >= 15 is 0 Å². The van der Waals surface area contributed by atoms with Gasteiger partial charge in [0.05, 0.1) is 13.1 Å². The maximum Gasteiger partial charge on any atom is 0.317 e. The van der Waals surface area contributed by atoms with Crippen LogP contribution in [-0.4, -0.2) is 101 Å². The molecular formula is C18H37N5O7. The van der Waals surface area contributed by atoms with E-state index in [2.05, 4.69) is 0 Å². The third kappa shape index (κ3) is 23.8. The molecule has 176 valence electrons. The monoisotopic (exact) mass is 435 g/mol. The Morgan fingerprint density at radius 1 is 0.600 bits per heavy atom. The first-order valence-corrected chi connectivity index (χ1v) is 9.90. The molecule has 0 saturated carbocycles. The molecule has 9 N–H and O–H groups in total. The van der Waals surface area contributed by atoms with Crippen molar-refractivity contribution in [3.05, 3.63) is 0 Å². The van der Waals surface area contributed by atoms with Crippen molar-refractivity contribution in [1.82, 2.24) is 9.80 Å². The average Bonchev–Trinajstić information content (AvgIpc) is 2.62. The second-order valence-corrected chi connectivity index (χ2v) is 6.69. The number of hydrogen-bond acceptors (Lipinski definition) is 8. The number of unbranched alkanes of at least 4 members (excludes halogenated alkanes) is 3. The van der Waals surface area contributed by atoms with Crippen molar-refractivity contribution in [2.75, 3.05) is 52.4 Å². The summed E-state index contributed by atoms with van der Waals surface area (Å²) in [4.78, 5) is 44.9. The lowest BCUT2D eigenvalue weighted by Gasteiger charge is -2.24. The number of primary amides is 1. The number of nitrogens with two attached hydrogens (primary N) is 3. The van der Waals surface area contributed by atoms with Gasteiger partial charge in [0, 0.05) is 52.1 Å². The summed E-state index contributed by atoms with van der Waals surface area (Å²) in [5.41, 5.74) is 15.7. The van der Waals surface area contributed by atoms with Crippen molar-refractivity contribution >= 4 is 23.8 Å². The molecule has 12 nitrogen and oxygen atoms in total. The second-order valence-electron chi connectivity index (χ2n) is 6.69. The molecule has 0 radical (unpaired) electrons. The highest BCUT2D eigenvalue weighted by Crippen LogP contribution is 2.04. The van der Waals surface area contributed by atoms with E-state index in [4.69, 9.17) is 32.5 Å². The fourth-order valence-corrected chi connectivity index (χ4v) is 2.50. The molecule has 0 aliphatic carbocycles. The van der Waals surface area contributed by atoms with Gasteiger partial charge in [-0.15, -0.1) is 0 Å². The van der Waals surface area contributed by atoms with Crippen LogP contribution in [0.1, 0.15) is 38.5 Å². The molecule has 30 heavy (non-hydrogen) atoms. The number of hydrogen-bond donors (Lipinski definition) is 6.